The summed E-state index contributed by atoms with van der Waals surface area (Å²) in [5, 5.41) is 10.1. The average molecular weight is 648 g/mol. The van der Waals surface area contributed by atoms with Crippen LogP contribution in [0.2, 0.25) is 10.0 Å². The monoisotopic (exact) mass is 647 g/mol. The minimum absolute atomic E-state index is 0.0254. The van der Waals surface area contributed by atoms with Gasteiger partial charge in [-0.1, -0.05) is 82.0 Å². The van der Waals surface area contributed by atoms with E-state index in [1.807, 2.05) is 30.3 Å². The van der Waals surface area contributed by atoms with E-state index >= 15 is 0 Å². The predicted molar refractivity (Wildman–Crippen MR) is 159 cm³/mol. The lowest BCUT2D eigenvalue weighted by molar-refractivity contribution is -0.275. The molecule has 1 unspecified atom stereocenters. The Balaban J connectivity index is 1.28. The van der Waals surface area contributed by atoms with Gasteiger partial charge in [-0.15, -0.1) is 0 Å². The van der Waals surface area contributed by atoms with E-state index in [1.54, 1.807) is 24.3 Å². The van der Waals surface area contributed by atoms with Gasteiger partial charge in [0.1, 0.15) is 12.4 Å². The maximum absolute atomic E-state index is 14.5. The number of halogens is 6. The quantitative estimate of drug-likeness (QED) is 0.0629. The molecular weight excluding hydrogens is 625 g/mol. The molecule has 1 atom stereocenters. The van der Waals surface area contributed by atoms with Crippen molar-refractivity contribution in [2.24, 2.45) is 10.3 Å². The largest absolute Gasteiger partial charge is 0.490 e. The molecule has 1 aliphatic heterocycles. The Morgan fingerprint density at radius 2 is 1.68 bits per heavy atom. The number of carbonyl (C=O) groups excluding carboxylic acids is 1. The summed E-state index contributed by atoms with van der Waals surface area (Å²) < 4.78 is 62.9. The van der Waals surface area contributed by atoms with E-state index in [0.717, 1.165) is 12.1 Å². The van der Waals surface area contributed by atoms with Gasteiger partial charge in [-0.2, -0.15) is 13.2 Å². The molecule has 0 saturated heterocycles. The van der Waals surface area contributed by atoms with Crippen LogP contribution in [0, 0.1) is 5.82 Å². The highest BCUT2D eigenvalue weighted by atomic mass is 35.5. The summed E-state index contributed by atoms with van der Waals surface area (Å²) in [6.45, 7) is 0.555. The summed E-state index contributed by atoms with van der Waals surface area (Å²) in [4.78, 5) is 23.2. The predicted octanol–water partition coefficient (Wildman–Crippen LogP) is 7.68. The number of nitrogens with one attached hydrogen (secondary N) is 1. The van der Waals surface area contributed by atoms with Gasteiger partial charge in [0.15, 0.2) is 12.4 Å². The van der Waals surface area contributed by atoms with Crippen molar-refractivity contribution in [3.8, 4) is 5.75 Å². The lowest BCUT2D eigenvalue weighted by atomic mass is 9.85. The first-order chi connectivity index (χ1) is 21.1. The van der Waals surface area contributed by atoms with E-state index in [0.29, 0.717) is 22.1 Å². The van der Waals surface area contributed by atoms with Gasteiger partial charge < -0.3 is 19.7 Å². The summed E-state index contributed by atoms with van der Waals surface area (Å²) in [7, 11) is 0. The lowest BCUT2D eigenvalue weighted by Gasteiger charge is -2.29. The van der Waals surface area contributed by atoms with Crippen LogP contribution in [-0.4, -0.2) is 43.8 Å². The second kappa shape index (κ2) is 13.1. The maximum atomic E-state index is 14.5. The zero-order valence-corrected chi connectivity index (χ0v) is 24.2. The summed E-state index contributed by atoms with van der Waals surface area (Å²) in [5.74, 6) is -0.766. The van der Waals surface area contributed by atoms with E-state index < -0.39 is 45.5 Å². The van der Waals surface area contributed by atoms with Gasteiger partial charge in [-0.05, 0) is 41.1 Å². The molecule has 0 aliphatic carbocycles. The van der Waals surface area contributed by atoms with Crippen LogP contribution in [0.1, 0.15) is 27.9 Å². The molecule has 1 amide bonds. The highest BCUT2D eigenvalue weighted by Crippen LogP contribution is 2.50. The van der Waals surface area contributed by atoms with E-state index in [2.05, 4.69) is 15.6 Å². The first kappa shape index (κ1) is 31.1. The van der Waals surface area contributed by atoms with Crippen LogP contribution in [0.4, 0.5) is 17.6 Å². The average Bonchev–Trinajstić information content (AvgIpc) is 3.48. The van der Waals surface area contributed by atoms with Crippen molar-refractivity contribution in [2.45, 2.75) is 18.2 Å². The van der Waals surface area contributed by atoms with E-state index in [9.17, 15) is 22.4 Å². The number of hydrogen-bond acceptors (Lipinski definition) is 6. The van der Waals surface area contributed by atoms with Gasteiger partial charge in [-0.3, -0.25) is 4.79 Å². The van der Waals surface area contributed by atoms with Crippen LogP contribution in [0.5, 0.6) is 5.75 Å². The number of benzene rings is 4. The zero-order valence-electron chi connectivity index (χ0n) is 22.7. The summed E-state index contributed by atoms with van der Waals surface area (Å²) in [5.41, 5.74) is -2.85. The number of oxime groups is 2. The normalized spacial score (nSPS) is 16.5. The number of carbonyl (C=O) groups is 1. The minimum atomic E-state index is -4.96. The molecule has 0 spiro atoms. The molecular formula is C31H23Cl2F4N3O4. The first-order valence-corrected chi connectivity index (χ1v) is 13.9. The van der Waals surface area contributed by atoms with Crippen molar-refractivity contribution in [1.29, 1.82) is 0 Å². The molecule has 4 aromatic rings. The Morgan fingerprint density at radius 3 is 2.39 bits per heavy atom. The number of nitrogens with zero attached hydrogens (tertiary/aromatic N) is 2. The van der Waals surface area contributed by atoms with Crippen LogP contribution < -0.4 is 10.1 Å². The van der Waals surface area contributed by atoms with Crippen molar-refractivity contribution in [2.75, 3.05) is 19.8 Å². The smallest absolute Gasteiger partial charge is 0.435 e. The van der Waals surface area contributed by atoms with Gasteiger partial charge >= 0.3 is 6.18 Å². The van der Waals surface area contributed by atoms with E-state index in [4.69, 9.17) is 37.6 Å². The molecule has 0 aromatic heterocycles. The topological polar surface area (TPSA) is 81.5 Å². The standard InChI is InChI=1S/C31H23Cl2F4N3O4/c32-25-16-19(17-26(33)28(25)34)30(31(35,36)37)18-27(40-44-30)23-10-11-24(22-9-5-4-8-21(22)23)29(41)38-12-13-39-43-15-14-42-20-6-2-1-3-7-20/h1-11,13,16-17H,12,14-15,18H2,(H,38,41). The molecule has 0 bridgehead atoms. The molecule has 7 nitrogen and oxygen atoms in total. The fraction of sp³-hybridized carbons (Fsp3) is 0.194. The Morgan fingerprint density at radius 1 is 1.00 bits per heavy atom. The number of fused-ring (bicyclic) bond motifs is 1. The highest BCUT2D eigenvalue weighted by Gasteiger charge is 2.62. The fourth-order valence-electron chi connectivity index (χ4n) is 4.68. The van der Waals surface area contributed by atoms with Crippen LogP contribution in [0.25, 0.3) is 10.8 Å². The SMILES string of the molecule is O=C(NCC=NOCCOc1ccccc1)c1ccc(C2=NOC(c3cc(Cl)c(F)c(Cl)c3)(C(F)(F)F)C2)c2ccccc12. The van der Waals surface area contributed by atoms with Crippen LogP contribution in [0.15, 0.2) is 89.2 Å². The number of para-hydroxylation sites is 1. The number of hydrogen-bond donors (Lipinski definition) is 1. The molecule has 0 fully saturated rings. The molecule has 0 saturated carbocycles. The molecule has 13 heteroatoms. The van der Waals surface area contributed by atoms with E-state index in [-0.39, 0.29) is 31.0 Å². The summed E-state index contributed by atoms with van der Waals surface area (Å²) in [6, 6.07) is 20.6. The lowest BCUT2D eigenvalue weighted by Crippen LogP contribution is -2.42. The Bertz CT molecular complexity index is 1710. The summed E-state index contributed by atoms with van der Waals surface area (Å²) >= 11 is 11.6. The minimum Gasteiger partial charge on any atom is -0.490 e. The second-order valence-corrected chi connectivity index (χ2v) is 10.4. The van der Waals surface area contributed by atoms with Gasteiger partial charge in [-0.25, -0.2) is 4.39 Å². The Labute approximate surface area is 259 Å². The van der Waals surface area contributed by atoms with Crippen molar-refractivity contribution in [1.82, 2.24) is 5.32 Å². The van der Waals surface area contributed by atoms with Crippen molar-refractivity contribution < 1.29 is 36.8 Å². The van der Waals surface area contributed by atoms with Crippen molar-refractivity contribution in [3.63, 3.8) is 0 Å². The van der Waals surface area contributed by atoms with Crippen LogP contribution in [0.3, 0.4) is 0 Å². The van der Waals surface area contributed by atoms with E-state index in [1.165, 1.54) is 18.3 Å². The first-order valence-electron chi connectivity index (χ1n) is 13.2. The fourth-order valence-corrected chi connectivity index (χ4v) is 5.16. The maximum Gasteiger partial charge on any atom is 0.435 e. The molecule has 1 aliphatic rings. The third-order valence-electron chi connectivity index (χ3n) is 6.81. The Kier molecular flexibility index (Phi) is 9.26. The van der Waals surface area contributed by atoms with Gasteiger partial charge in [0.05, 0.1) is 28.5 Å². The number of alkyl halides is 3. The second-order valence-electron chi connectivity index (χ2n) is 9.58. The molecule has 1 N–H and O–H groups in total. The summed E-state index contributed by atoms with van der Waals surface area (Å²) in [6.07, 6.45) is -4.32. The molecule has 0 radical (unpaired) electrons. The van der Waals surface area contributed by atoms with Gasteiger partial charge in [0, 0.05) is 23.1 Å². The molecule has 228 valence electrons. The number of ether oxygens (including phenoxy) is 1. The number of rotatable bonds is 10. The van der Waals surface area contributed by atoms with Crippen LogP contribution >= 0.6 is 23.2 Å². The molecule has 5 rings (SSSR count). The number of amides is 1. The third kappa shape index (κ3) is 6.44. The van der Waals surface area contributed by atoms with Crippen molar-refractivity contribution in [3.05, 3.63) is 111 Å². The highest BCUT2D eigenvalue weighted by molar-refractivity contribution is 6.35. The zero-order chi connectivity index (χ0) is 31.3. The van der Waals surface area contributed by atoms with Crippen molar-refractivity contribution >= 4 is 51.8 Å². The molecule has 44 heavy (non-hydrogen) atoms. The molecule has 1 heterocycles. The van der Waals surface area contributed by atoms with Crippen LogP contribution in [-0.2, 0) is 15.3 Å². The molecule has 4 aromatic carbocycles. The third-order valence-corrected chi connectivity index (χ3v) is 7.36. The van der Waals surface area contributed by atoms with Gasteiger partial charge in [0.2, 0.25) is 0 Å². The Hall–Kier alpha value is -4.35. The van der Waals surface area contributed by atoms with Gasteiger partial charge in [0.25, 0.3) is 11.5 Å².